The molecule has 1 saturated heterocycles. The highest BCUT2D eigenvalue weighted by atomic mass is 16.5. The molecule has 4 heteroatoms. The molecular formula is C14H28N2O2+. The molecule has 1 radical (unpaired) electrons. The SMILES string of the molecule is CCC1(CC)C(=O)C([N+](C)(C)C)CC(C)(C)N1[O]. The predicted molar refractivity (Wildman–Crippen MR) is 71.4 cm³/mol. The van der Waals surface area contributed by atoms with Crippen LogP contribution < -0.4 is 0 Å². The van der Waals surface area contributed by atoms with Crippen LogP contribution in [0.4, 0.5) is 0 Å². The smallest absolute Gasteiger partial charge is 0.212 e. The Bertz CT molecular complexity index is 327. The van der Waals surface area contributed by atoms with Gasteiger partial charge in [0, 0.05) is 6.42 Å². The summed E-state index contributed by atoms with van der Waals surface area (Å²) in [7, 11) is 6.11. The van der Waals surface area contributed by atoms with E-state index in [-0.39, 0.29) is 11.8 Å². The highest BCUT2D eigenvalue weighted by Gasteiger charge is 2.59. The maximum Gasteiger partial charge on any atom is 0.212 e. The minimum atomic E-state index is -0.835. The molecule has 0 aromatic carbocycles. The number of quaternary nitrogens is 1. The summed E-state index contributed by atoms with van der Waals surface area (Å²) in [4.78, 5) is 12.8. The summed E-state index contributed by atoms with van der Waals surface area (Å²) in [6.07, 6.45) is 1.80. The maximum atomic E-state index is 12.8. The predicted octanol–water partition coefficient (Wildman–Crippen LogP) is 2.02. The lowest BCUT2D eigenvalue weighted by molar-refractivity contribution is -0.888. The van der Waals surface area contributed by atoms with Crippen LogP contribution in [-0.2, 0) is 10.0 Å². The largest absolute Gasteiger partial charge is 0.322 e. The fourth-order valence-electron chi connectivity index (χ4n) is 3.15. The lowest BCUT2D eigenvalue weighted by atomic mass is 9.72. The monoisotopic (exact) mass is 256 g/mol. The first-order chi connectivity index (χ1) is 8.03. The highest BCUT2D eigenvalue weighted by molar-refractivity contribution is 5.93. The van der Waals surface area contributed by atoms with Crippen molar-refractivity contribution in [2.24, 2.45) is 0 Å². The first-order valence-corrected chi connectivity index (χ1v) is 6.86. The number of hydrogen-bond donors (Lipinski definition) is 0. The van der Waals surface area contributed by atoms with Crippen LogP contribution in [0.15, 0.2) is 0 Å². The number of piperidine rings is 1. The number of rotatable bonds is 3. The van der Waals surface area contributed by atoms with Gasteiger partial charge in [-0.05, 0) is 26.7 Å². The van der Waals surface area contributed by atoms with E-state index in [0.29, 0.717) is 23.7 Å². The molecule has 0 spiro atoms. The molecular weight excluding hydrogens is 228 g/mol. The van der Waals surface area contributed by atoms with Gasteiger partial charge in [0.15, 0.2) is 6.04 Å². The Hall–Kier alpha value is -0.450. The number of hydroxylamine groups is 2. The van der Waals surface area contributed by atoms with Crippen molar-refractivity contribution in [2.45, 2.75) is 64.1 Å². The van der Waals surface area contributed by atoms with E-state index < -0.39 is 11.1 Å². The minimum Gasteiger partial charge on any atom is -0.322 e. The van der Waals surface area contributed by atoms with Crippen LogP contribution in [0.5, 0.6) is 0 Å². The molecule has 1 atom stereocenters. The molecule has 1 heterocycles. The molecule has 0 N–H and O–H groups in total. The van der Waals surface area contributed by atoms with Crippen LogP contribution in [0.1, 0.15) is 47.0 Å². The molecule has 105 valence electrons. The fourth-order valence-corrected chi connectivity index (χ4v) is 3.15. The van der Waals surface area contributed by atoms with E-state index in [4.69, 9.17) is 0 Å². The Kier molecular flexibility index (Phi) is 3.97. The molecule has 4 nitrogen and oxygen atoms in total. The third-order valence-electron chi connectivity index (χ3n) is 4.50. The lowest BCUT2D eigenvalue weighted by Crippen LogP contribution is -2.72. The molecule has 18 heavy (non-hydrogen) atoms. The van der Waals surface area contributed by atoms with E-state index in [1.54, 1.807) is 0 Å². The van der Waals surface area contributed by atoms with Crippen molar-refractivity contribution >= 4 is 5.78 Å². The average Bonchev–Trinajstić information content (AvgIpc) is 2.25. The second-order valence-corrected chi connectivity index (χ2v) is 7.05. The summed E-state index contributed by atoms with van der Waals surface area (Å²) >= 11 is 0. The summed E-state index contributed by atoms with van der Waals surface area (Å²) in [6.45, 7) is 7.80. The number of carbonyl (C=O) groups is 1. The maximum absolute atomic E-state index is 12.8. The zero-order valence-corrected chi connectivity index (χ0v) is 12.9. The zero-order chi connectivity index (χ0) is 14.4. The quantitative estimate of drug-likeness (QED) is 0.725. The third kappa shape index (κ3) is 2.22. The van der Waals surface area contributed by atoms with E-state index in [2.05, 4.69) is 0 Å². The number of carbonyl (C=O) groups excluding carboxylic acids is 1. The molecule has 0 bridgehead atoms. The van der Waals surface area contributed by atoms with Gasteiger partial charge in [-0.2, -0.15) is 0 Å². The van der Waals surface area contributed by atoms with Crippen molar-refractivity contribution < 1.29 is 14.5 Å². The second-order valence-electron chi connectivity index (χ2n) is 7.05. The van der Waals surface area contributed by atoms with E-state index in [1.165, 1.54) is 0 Å². The molecule has 1 aliphatic heterocycles. The number of nitrogens with zero attached hydrogens (tertiary/aromatic N) is 2. The van der Waals surface area contributed by atoms with Crippen molar-refractivity contribution in [2.75, 3.05) is 21.1 Å². The Morgan fingerprint density at radius 2 is 1.67 bits per heavy atom. The van der Waals surface area contributed by atoms with Gasteiger partial charge >= 0.3 is 0 Å². The van der Waals surface area contributed by atoms with Crippen molar-refractivity contribution in [1.29, 1.82) is 0 Å². The van der Waals surface area contributed by atoms with Crippen LogP contribution in [0.3, 0.4) is 0 Å². The lowest BCUT2D eigenvalue weighted by Gasteiger charge is -2.53. The second kappa shape index (κ2) is 4.58. The third-order valence-corrected chi connectivity index (χ3v) is 4.50. The van der Waals surface area contributed by atoms with Gasteiger partial charge in [-0.1, -0.05) is 13.8 Å². The normalized spacial score (nSPS) is 28.4. The topological polar surface area (TPSA) is 40.2 Å². The Labute approximate surface area is 111 Å². The molecule has 0 amide bonds. The minimum absolute atomic E-state index is 0.0925. The van der Waals surface area contributed by atoms with Gasteiger partial charge in [-0.3, -0.25) is 4.79 Å². The average molecular weight is 256 g/mol. The van der Waals surface area contributed by atoms with Crippen LogP contribution in [0, 0.1) is 0 Å². The number of Topliss-reactive ketones (excluding diaryl/α,β-unsaturated/α-hetero) is 1. The standard InChI is InChI=1S/C14H28N2O2/c1-8-14(9-2)12(17)11(16(5,6)7)10-13(3,4)15(14)18/h11H,8-10H2,1-7H3/q+1. The van der Waals surface area contributed by atoms with Gasteiger partial charge in [0.25, 0.3) is 0 Å². The van der Waals surface area contributed by atoms with Gasteiger partial charge < -0.3 is 4.48 Å². The molecule has 1 rings (SSSR count). The molecule has 1 unspecified atom stereocenters. The summed E-state index contributed by atoms with van der Waals surface area (Å²) in [5.74, 6) is 0.120. The Balaban J connectivity index is 3.29. The van der Waals surface area contributed by atoms with E-state index in [9.17, 15) is 10.0 Å². The molecule has 0 aromatic rings. The zero-order valence-electron chi connectivity index (χ0n) is 12.9. The number of hydrogen-bond acceptors (Lipinski definition) is 2. The number of ketones is 1. The Morgan fingerprint density at radius 3 is 2.00 bits per heavy atom. The van der Waals surface area contributed by atoms with E-state index in [0.717, 1.165) is 5.06 Å². The van der Waals surface area contributed by atoms with Gasteiger partial charge in [-0.25, -0.2) is 0 Å². The van der Waals surface area contributed by atoms with Crippen molar-refractivity contribution in [1.82, 2.24) is 5.06 Å². The van der Waals surface area contributed by atoms with Gasteiger partial charge in [-0.15, -0.1) is 10.3 Å². The molecule has 1 fully saturated rings. The van der Waals surface area contributed by atoms with Gasteiger partial charge in [0.2, 0.25) is 5.78 Å². The molecule has 0 saturated carbocycles. The van der Waals surface area contributed by atoms with Crippen molar-refractivity contribution in [3.63, 3.8) is 0 Å². The van der Waals surface area contributed by atoms with Crippen LogP contribution >= 0.6 is 0 Å². The molecule has 0 aromatic heterocycles. The summed E-state index contributed by atoms with van der Waals surface area (Å²) < 4.78 is 0.595. The van der Waals surface area contributed by atoms with Gasteiger partial charge in [0.1, 0.15) is 5.54 Å². The van der Waals surface area contributed by atoms with Crippen LogP contribution in [0.25, 0.3) is 0 Å². The van der Waals surface area contributed by atoms with E-state index in [1.807, 2.05) is 48.8 Å². The highest BCUT2D eigenvalue weighted by Crippen LogP contribution is 2.41. The summed E-state index contributed by atoms with van der Waals surface area (Å²) in [5.41, 5.74) is -1.31. The fraction of sp³-hybridized carbons (Fsp3) is 0.929. The van der Waals surface area contributed by atoms with Crippen LogP contribution in [-0.4, -0.2) is 53.6 Å². The first-order valence-electron chi connectivity index (χ1n) is 6.86. The number of likely N-dealkylation sites (N-methyl/N-ethyl adjacent to an activating group) is 1. The summed E-state index contributed by atoms with van der Waals surface area (Å²) in [5, 5.41) is 13.7. The van der Waals surface area contributed by atoms with E-state index >= 15 is 0 Å². The summed E-state index contributed by atoms with van der Waals surface area (Å²) in [6, 6.07) is -0.0925. The molecule has 1 aliphatic rings. The van der Waals surface area contributed by atoms with Gasteiger partial charge in [0.05, 0.1) is 26.7 Å². The Morgan fingerprint density at radius 1 is 1.22 bits per heavy atom. The van der Waals surface area contributed by atoms with Crippen LogP contribution in [0.2, 0.25) is 0 Å². The molecule has 0 aliphatic carbocycles. The van der Waals surface area contributed by atoms with Crippen molar-refractivity contribution in [3.8, 4) is 0 Å². The first kappa shape index (κ1) is 15.6. The van der Waals surface area contributed by atoms with Crippen molar-refractivity contribution in [3.05, 3.63) is 0 Å².